The van der Waals surface area contributed by atoms with E-state index in [4.69, 9.17) is 23.1 Å². The van der Waals surface area contributed by atoms with Crippen molar-refractivity contribution in [2.75, 3.05) is 5.73 Å². The molecule has 1 amide bonds. The lowest BCUT2D eigenvalue weighted by atomic mass is 9.89. The SMILES string of the molecule is NC(=O)C(c1ccc(Cl)cc1)c1cc(Br)ccc1N. The van der Waals surface area contributed by atoms with Gasteiger partial charge in [0.2, 0.25) is 5.91 Å². The molecule has 0 radical (unpaired) electrons. The molecule has 98 valence electrons. The molecule has 2 aromatic carbocycles. The number of carbonyl (C=O) groups is 1. The van der Waals surface area contributed by atoms with Crippen LogP contribution in [0.15, 0.2) is 46.9 Å². The minimum absolute atomic E-state index is 0.452. The van der Waals surface area contributed by atoms with Crippen LogP contribution in [-0.2, 0) is 4.79 Å². The molecule has 0 aliphatic rings. The number of nitrogen functional groups attached to an aromatic ring is 1. The summed E-state index contributed by atoms with van der Waals surface area (Å²) in [5.41, 5.74) is 13.4. The number of rotatable bonds is 3. The number of hydrogen-bond acceptors (Lipinski definition) is 2. The van der Waals surface area contributed by atoms with E-state index >= 15 is 0 Å². The molecule has 0 saturated carbocycles. The second-order valence-corrected chi connectivity index (χ2v) is 5.51. The Morgan fingerprint density at radius 3 is 2.37 bits per heavy atom. The highest BCUT2D eigenvalue weighted by Crippen LogP contribution is 2.31. The Labute approximate surface area is 124 Å². The Morgan fingerprint density at radius 1 is 1.16 bits per heavy atom. The van der Waals surface area contributed by atoms with Gasteiger partial charge in [-0.3, -0.25) is 4.79 Å². The molecule has 5 heteroatoms. The van der Waals surface area contributed by atoms with Crippen molar-refractivity contribution in [3.8, 4) is 0 Å². The van der Waals surface area contributed by atoms with E-state index in [0.29, 0.717) is 16.3 Å². The fourth-order valence-corrected chi connectivity index (χ4v) is 2.45. The molecule has 4 N–H and O–H groups in total. The lowest BCUT2D eigenvalue weighted by Crippen LogP contribution is -2.23. The topological polar surface area (TPSA) is 69.1 Å². The van der Waals surface area contributed by atoms with Gasteiger partial charge in [-0.1, -0.05) is 39.7 Å². The zero-order valence-electron chi connectivity index (χ0n) is 9.94. The minimum Gasteiger partial charge on any atom is -0.398 e. The van der Waals surface area contributed by atoms with Gasteiger partial charge in [0.1, 0.15) is 0 Å². The third kappa shape index (κ3) is 3.08. The average molecular weight is 340 g/mol. The molecule has 0 saturated heterocycles. The van der Waals surface area contributed by atoms with Crippen molar-refractivity contribution in [1.29, 1.82) is 0 Å². The van der Waals surface area contributed by atoms with Crippen LogP contribution in [0.4, 0.5) is 5.69 Å². The largest absolute Gasteiger partial charge is 0.398 e. The Balaban J connectivity index is 2.54. The van der Waals surface area contributed by atoms with E-state index < -0.39 is 11.8 Å². The lowest BCUT2D eigenvalue weighted by Gasteiger charge is -2.17. The van der Waals surface area contributed by atoms with Gasteiger partial charge in [-0.05, 0) is 41.5 Å². The molecule has 0 aromatic heterocycles. The van der Waals surface area contributed by atoms with E-state index in [0.717, 1.165) is 10.0 Å². The van der Waals surface area contributed by atoms with Crippen molar-refractivity contribution in [3.63, 3.8) is 0 Å². The second kappa shape index (κ2) is 5.63. The summed E-state index contributed by atoms with van der Waals surface area (Å²) in [6.45, 7) is 0. The monoisotopic (exact) mass is 338 g/mol. The maximum atomic E-state index is 11.8. The van der Waals surface area contributed by atoms with Crippen LogP contribution >= 0.6 is 27.5 Å². The van der Waals surface area contributed by atoms with E-state index in [-0.39, 0.29) is 0 Å². The van der Waals surface area contributed by atoms with Crippen molar-refractivity contribution < 1.29 is 4.79 Å². The zero-order valence-corrected chi connectivity index (χ0v) is 12.3. The average Bonchev–Trinajstić information content (AvgIpc) is 2.36. The first kappa shape index (κ1) is 13.9. The van der Waals surface area contributed by atoms with E-state index in [1.165, 1.54) is 0 Å². The Kier molecular flexibility index (Phi) is 4.12. The number of anilines is 1. The van der Waals surface area contributed by atoms with Crippen molar-refractivity contribution in [1.82, 2.24) is 0 Å². The van der Waals surface area contributed by atoms with Crippen LogP contribution in [0, 0.1) is 0 Å². The zero-order chi connectivity index (χ0) is 14.0. The van der Waals surface area contributed by atoms with E-state index in [1.54, 1.807) is 36.4 Å². The summed E-state index contributed by atoms with van der Waals surface area (Å²) >= 11 is 9.22. The Hall–Kier alpha value is -1.52. The molecule has 0 bridgehead atoms. The molecule has 2 rings (SSSR count). The van der Waals surface area contributed by atoms with E-state index in [1.807, 2.05) is 6.07 Å². The predicted molar refractivity (Wildman–Crippen MR) is 81.0 cm³/mol. The van der Waals surface area contributed by atoms with Crippen LogP contribution < -0.4 is 11.5 Å². The summed E-state index contributed by atoms with van der Waals surface area (Å²) in [6.07, 6.45) is 0. The summed E-state index contributed by atoms with van der Waals surface area (Å²) in [4.78, 5) is 11.8. The van der Waals surface area contributed by atoms with Crippen LogP contribution in [0.3, 0.4) is 0 Å². The molecule has 0 heterocycles. The molecule has 19 heavy (non-hydrogen) atoms. The van der Waals surface area contributed by atoms with E-state index in [9.17, 15) is 4.79 Å². The fraction of sp³-hybridized carbons (Fsp3) is 0.0714. The van der Waals surface area contributed by atoms with Gasteiger partial charge in [0.05, 0.1) is 5.92 Å². The van der Waals surface area contributed by atoms with Crippen LogP contribution in [-0.4, -0.2) is 5.91 Å². The molecule has 3 nitrogen and oxygen atoms in total. The number of carbonyl (C=O) groups excluding carboxylic acids is 1. The van der Waals surface area contributed by atoms with Gasteiger partial charge < -0.3 is 11.5 Å². The molecule has 0 aliphatic heterocycles. The standard InChI is InChI=1S/C14H12BrClN2O/c15-9-3-6-12(17)11(7-9)13(14(18)19)8-1-4-10(16)5-2-8/h1-7,13H,17H2,(H2,18,19). The van der Waals surface area contributed by atoms with Gasteiger partial charge in [0, 0.05) is 15.2 Å². The summed E-state index contributed by atoms with van der Waals surface area (Å²) in [6, 6.07) is 12.4. The summed E-state index contributed by atoms with van der Waals surface area (Å²) in [5, 5.41) is 0.606. The Morgan fingerprint density at radius 2 is 1.79 bits per heavy atom. The van der Waals surface area contributed by atoms with Crippen LogP contribution in [0.25, 0.3) is 0 Å². The van der Waals surface area contributed by atoms with Gasteiger partial charge >= 0.3 is 0 Å². The second-order valence-electron chi connectivity index (χ2n) is 4.16. The lowest BCUT2D eigenvalue weighted by molar-refractivity contribution is -0.118. The normalized spacial score (nSPS) is 12.1. The molecule has 0 spiro atoms. The van der Waals surface area contributed by atoms with Crippen molar-refractivity contribution >= 4 is 39.1 Å². The molecule has 1 atom stereocenters. The van der Waals surface area contributed by atoms with Crippen LogP contribution in [0.5, 0.6) is 0 Å². The number of amides is 1. The maximum absolute atomic E-state index is 11.8. The third-order valence-electron chi connectivity index (χ3n) is 2.85. The highest BCUT2D eigenvalue weighted by atomic mass is 79.9. The molecule has 0 fully saturated rings. The van der Waals surface area contributed by atoms with Gasteiger partial charge in [-0.15, -0.1) is 0 Å². The van der Waals surface area contributed by atoms with Crippen molar-refractivity contribution in [3.05, 3.63) is 63.1 Å². The summed E-state index contributed by atoms with van der Waals surface area (Å²) in [7, 11) is 0. The summed E-state index contributed by atoms with van der Waals surface area (Å²) < 4.78 is 0.844. The van der Waals surface area contributed by atoms with Gasteiger partial charge in [0.25, 0.3) is 0 Å². The van der Waals surface area contributed by atoms with Crippen LogP contribution in [0.2, 0.25) is 5.02 Å². The Bertz CT molecular complexity index is 613. The molecular weight excluding hydrogens is 328 g/mol. The quantitative estimate of drug-likeness (QED) is 0.842. The smallest absolute Gasteiger partial charge is 0.229 e. The van der Waals surface area contributed by atoms with Gasteiger partial charge in [-0.25, -0.2) is 0 Å². The summed E-state index contributed by atoms with van der Waals surface area (Å²) in [5.74, 6) is -1.04. The predicted octanol–water partition coefficient (Wildman–Crippen LogP) is 3.30. The number of hydrogen-bond donors (Lipinski definition) is 2. The first-order valence-electron chi connectivity index (χ1n) is 5.58. The van der Waals surface area contributed by atoms with Crippen molar-refractivity contribution in [2.45, 2.75) is 5.92 Å². The minimum atomic E-state index is -0.588. The third-order valence-corrected chi connectivity index (χ3v) is 3.59. The number of halogens is 2. The molecule has 1 unspecified atom stereocenters. The first-order chi connectivity index (χ1) is 8.99. The van der Waals surface area contributed by atoms with Crippen LogP contribution in [0.1, 0.15) is 17.0 Å². The molecule has 0 aliphatic carbocycles. The van der Waals surface area contributed by atoms with Gasteiger partial charge in [-0.2, -0.15) is 0 Å². The fourth-order valence-electron chi connectivity index (χ4n) is 1.95. The highest BCUT2D eigenvalue weighted by molar-refractivity contribution is 9.10. The van der Waals surface area contributed by atoms with Crippen molar-refractivity contribution in [2.24, 2.45) is 5.73 Å². The number of nitrogens with two attached hydrogens (primary N) is 2. The molecule has 2 aromatic rings. The van der Waals surface area contributed by atoms with E-state index in [2.05, 4.69) is 15.9 Å². The molecular formula is C14H12BrClN2O. The number of benzene rings is 2. The highest BCUT2D eigenvalue weighted by Gasteiger charge is 2.22. The van der Waals surface area contributed by atoms with Gasteiger partial charge in [0.15, 0.2) is 0 Å². The maximum Gasteiger partial charge on any atom is 0.229 e. The number of primary amides is 1. The first-order valence-corrected chi connectivity index (χ1v) is 6.76.